The van der Waals surface area contributed by atoms with Crippen LogP contribution in [0, 0.1) is 5.92 Å². The third kappa shape index (κ3) is 21.1. The van der Waals surface area contributed by atoms with Gasteiger partial charge >= 0.3 is 19.8 Å². The second-order valence-electron chi connectivity index (χ2n) is 10.9. The Morgan fingerprint density at radius 3 is 2.06 bits per heavy atom. The Hall–Kier alpha value is -2.11. The van der Waals surface area contributed by atoms with Crippen molar-refractivity contribution in [1.82, 2.24) is 10.6 Å². The van der Waals surface area contributed by atoms with Gasteiger partial charge in [-0.25, -0.2) is 9.59 Å². The van der Waals surface area contributed by atoms with Gasteiger partial charge in [-0.05, 0) is 37.9 Å². The average Bonchev–Trinajstić information content (AvgIpc) is 3.32. The van der Waals surface area contributed by atoms with Crippen molar-refractivity contribution >= 4 is 48.9 Å². The Balaban J connectivity index is 2.59. The van der Waals surface area contributed by atoms with Crippen LogP contribution in [0.2, 0.25) is 0 Å². The molecule has 0 aromatic heterocycles. The van der Waals surface area contributed by atoms with Crippen LogP contribution in [0.25, 0.3) is 0 Å². The van der Waals surface area contributed by atoms with E-state index >= 15 is 0 Å². The van der Waals surface area contributed by atoms with Crippen LogP contribution in [0.5, 0.6) is 0 Å². The van der Waals surface area contributed by atoms with E-state index in [4.69, 9.17) is 37.8 Å². The van der Waals surface area contributed by atoms with Gasteiger partial charge in [-0.3, -0.25) is 18.9 Å². The molecule has 3 N–H and O–H groups in total. The summed E-state index contributed by atoms with van der Waals surface area (Å²) in [6, 6.07) is -1.15. The predicted octanol–water partition coefficient (Wildman–Crippen LogP) is 2.52. The summed E-state index contributed by atoms with van der Waals surface area (Å²) in [5, 5.41) is 4.46. The van der Waals surface area contributed by atoms with Gasteiger partial charge in [-0.15, -0.1) is 0 Å². The van der Waals surface area contributed by atoms with Gasteiger partial charge in [-0.1, -0.05) is 12.8 Å². The number of rotatable bonds is 29. The summed E-state index contributed by atoms with van der Waals surface area (Å²) in [7, 11) is -0.396. The minimum absolute atomic E-state index is 0.0601. The molecular formula is C30H53N2O14PS. The summed E-state index contributed by atoms with van der Waals surface area (Å²) >= 11 is 1.33. The third-order valence-electron chi connectivity index (χ3n) is 6.89. The van der Waals surface area contributed by atoms with Crippen molar-refractivity contribution in [3.63, 3.8) is 0 Å². The van der Waals surface area contributed by atoms with E-state index in [0.29, 0.717) is 51.4 Å². The number of Topliss-reactive ketones (excluding diaryl/α,β-unsaturated/α-hetero) is 3. The molecule has 1 aliphatic rings. The molecule has 1 aliphatic carbocycles. The number of ketones is 3. The number of carbonyl (C=O) groups excluding carboxylic acids is 5. The molecule has 18 heteroatoms. The van der Waals surface area contributed by atoms with Crippen LogP contribution in [-0.4, -0.2) is 138 Å². The summed E-state index contributed by atoms with van der Waals surface area (Å²) in [4.78, 5) is 73.1. The summed E-state index contributed by atoms with van der Waals surface area (Å²) in [5.74, 6) is -2.49. The number of thioether (sulfide) groups is 1. The van der Waals surface area contributed by atoms with Gasteiger partial charge in [0.15, 0.2) is 17.3 Å². The zero-order chi connectivity index (χ0) is 35.6. The zero-order valence-corrected chi connectivity index (χ0v) is 30.0. The first-order valence-corrected chi connectivity index (χ1v) is 19.2. The van der Waals surface area contributed by atoms with Crippen molar-refractivity contribution in [2.24, 2.45) is 5.92 Å². The van der Waals surface area contributed by atoms with Crippen molar-refractivity contribution in [3.8, 4) is 0 Å². The van der Waals surface area contributed by atoms with Crippen LogP contribution in [-0.2, 0) is 51.9 Å². The maximum Gasteiger partial charge on any atom is 0.407 e. The van der Waals surface area contributed by atoms with Crippen LogP contribution in [0.15, 0.2) is 0 Å². The molecule has 2 amide bonds. The standard InChI is InChI=1S/C30H53N2O14PS/c1-40-13-15-42-17-19-44-29(36)31-11-7-6-10-23(32-30(37)45-20-18-43-16-14-41-2)27(34)26-24(33)22-25(28(26)35)48-21-9-5-4-8-12-46-47(3,38)39/h23,25-26H,4-22H2,1-3H3,(H,31,36)(H,32,37)(H,38,39). The smallest absolute Gasteiger partial charge is 0.407 e. The summed E-state index contributed by atoms with van der Waals surface area (Å²) in [6.07, 6.45) is 2.35. The number of amides is 2. The highest BCUT2D eigenvalue weighted by Crippen LogP contribution is 2.36. The molecule has 0 bridgehead atoms. The number of methoxy groups -OCH3 is 2. The van der Waals surface area contributed by atoms with E-state index in [1.165, 1.54) is 18.9 Å². The molecule has 0 aromatic rings. The average molecular weight is 729 g/mol. The van der Waals surface area contributed by atoms with E-state index in [9.17, 15) is 28.5 Å². The van der Waals surface area contributed by atoms with E-state index in [0.717, 1.165) is 25.9 Å². The van der Waals surface area contributed by atoms with Crippen LogP contribution >= 0.6 is 19.4 Å². The van der Waals surface area contributed by atoms with Crippen LogP contribution < -0.4 is 10.6 Å². The summed E-state index contributed by atoms with van der Waals surface area (Å²) in [5.41, 5.74) is 0. The largest absolute Gasteiger partial charge is 0.447 e. The third-order valence-corrected chi connectivity index (χ3v) is 8.88. The molecule has 0 saturated heterocycles. The first-order valence-electron chi connectivity index (χ1n) is 16.1. The van der Waals surface area contributed by atoms with Crippen molar-refractivity contribution < 1.29 is 66.4 Å². The van der Waals surface area contributed by atoms with Gasteiger partial charge in [0, 0.05) is 33.8 Å². The molecule has 1 fully saturated rings. The number of ether oxygens (including phenoxy) is 6. The molecule has 4 atom stereocenters. The minimum Gasteiger partial charge on any atom is -0.447 e. The van der Waals surface area contributed by atoms with E-state index in [1.54, 1.807) is 7.11 Å². The molecule has 278 valence electrons. The van der Waals surface area contributed by atoms with Crippen LogP contribution in [0.1, 0.15) is 51.4 Å². The molecule has 0 radical (unpaired) electrons. The molecule has 0 spiro atoms. The minimum atomic E-state index is -3.48. The lowest BCUT2D eigenvalue weighted by Gasteiger charge is -2.20. The number of hydrogen-bond donors (Lipinski definition) is 3. The highest BCUT2D eigenvalue weighted by Gasteiger charge is 2.47. The predicted molar refractivity (Wildman–Crippen MR) is 176 cm³/mol. The molecule has 1 rings (SSSR count). The number of carbonyl (C=O) groups is 5. The molecule has 4 unspecified atom stereocenters. The second-order valence-corrected chi connectivity index (χ2v) is 14.1. The fourth-order valence-electron chi connectivity index (χ4n) is 4.46. The first kappa shape index (κ1) is 43.9. The van der Waals surface area contributed by atoms with E-state index in [2.05, 4.69) is 10.6 Å². The van der Waals surface area contributed by atoms with Crippen molar-refractivity contribution in [2.45, 2.75) is 62.7 Å². The Labute approximate surface area is 286 Å². The fourth-order valence-corrected chi connectivity index (χ4v) is 6.17. The highest BCUT2D eigenvalue weighted by molar-refractivity contribution is 8.00. The maximum absolute atomic E-state index is 13.5. The lowest BCUT2D eigenvalue weighted by Crippen LogP contribution is -2.46. The number of nitrogens with one attached hydrogen (secondary N) is 2. The Kier molecular flexibility index (Phi) is 24.4. The van der Waals surface area contributed by atoms with Crippen LogP contribution in [0.3, 0.4) is 0 Å². The van der Waals surface area contributed by atoms with Gasteiger partial charge in [0.25, 0.3) is 0 Å². The van der Waals surface area contributed by atoms with Crippen LogP contribution in [0.4, 0.5) is 9.59 Å². The maximum atomic E-state index is 13.5. The monoisotopic (exact) mass is 728 g/mol. The number of hydrogen-bond acceptors (Lipinski definition) is 14. The van der Waals surface area contributed by atoms with E-state index in [-0.39, 0.29) is 52.4 Å². The molecule has 0 heterocycles. The van der Waals surface area contributed by atoms with Crippen molar-refractivity contribution in [2.75, 3.05) is 92.6 Å². The van der Waals surface area contributed by atoms with E-state index in [1.807, 2.05) is 0 Å². The van der Waals surface area contributed by atoms with Gasteiger partial charge < -0.3 is 48.5 Å². The summed E-state index contributed by atoms with van der Waals surface area (Å²) in [6.45, 7) is 3.43. The quantitative estimate of drug-likeness (QED) is 0.0574. The normalized spacial score (nSPS) is 17.9. The topological polar surface area (TPSA) is 211 Å². The van der Waals surface area contributed by atoms with Gasteiger partial charge in [0.2, 0.25) is 0 Å². The second kappa shape index (κ2) is 26.7. The fraction of sp³-hybridized carbons (Fsp3) is 0.833. The molecule has 1 saturated carbocycles. The van der Waals surface area contributed by atoms with Crippen molar-refractivity contribution in [3.05, 3.63) is 0 Å². The molecule has 48 heavy (non-hydrogen) atoms. The van der Waals surface area contributed by atoms with Gasteiger partial charge in [0.1, 0.15) is 19.1 Å². The van der Waals surface area contributed by atoms with E-state index < -0.39 is 54.3 Å². The van der Waals surface area contributed by atoms with Gasteiger partial charge in [0.05, 0.1) is 57.5 Å². The Bertz CT molecular complexity index is 1010. The first-order chi connectivity index (χ1) is 23.0. The number of unbranched alkanes of at least 4 members (excludes halogenated alkanes) is 4. The SMILES string of the molecule is COCCOCCOC(=O)NCCCCC(NC(=O)OCCOCCOC)C(=O)C1C(=O)CC(SCCCCCCOP(C)(=O)O)C1=O. The highest BCUT2D eigenvalue weighted by atomic mass is 32.2. The Morgan fingerprint density at radius 2 is 1.44 bits per heavy atom. The molecule has 16 nitrogen and oxygen atoms in total. The zero-order valence-electron chi connectivity index (χ0n) is 28.3. The van der Waals surface area contributed by atoms with Gasteiger partial charge in [-0.2, -0.15) is 11.8 Å². The number of alkyl carbamates (subject to hydrolysis) is 2. The lowest BCUT2D eigenvalue weighted by molar-refractivity contribution is -0.137. The Morgan fingerprint density at radius 1 is 0.833 bits per heavy atom. The molecule has 0 aliphatic heterocycles. The van der Waals surface area contributed by atoms with Crippen molar-refractivity contribution in [1.29, 1.82) is 0 Å². The molecule has 0 aromatic carbocycles. The summed E-state index contributed by atoms with van der Waals surface area (Å²) < 4.78 is 46.4. The lowest BCUT2D eigenvalue weighted by atomic mass is 9.92. The molecular weight excluding hydrogens is 675 g/mol.